The number of benzene rings is 1. The van der Waals surface area contributed by atoms with E-state index in [9.17, 15) is 4.79 Å². The third-order valence-electron chi connectivity index (χ3n) is 4.46. The molecule has 3 heterocycles. The number of anilines is 1. The van der Waals surface area contributed by atoms with Gasteiger partial charge in [0.25, 0.3) is 5.91 Å². The van der Waals surface area contributed by atoms with Crippen molar-refractivity contribution >= 4 is 11.6 Å². The average Bonchev–Trinajstić information content (AvgIpc) is 3.29. The number of carbonyl (C=O) groups is 1. The Balaban J connectivity index is 1.51. The zero-order valence-electron chi connectivity index (χ0n) is 13.6. The molecule has 3 aromatic rings. The van der Waals surface area contributed by atoms with Crippen molar-refractivity contribution in [2.24, 2.45) is 0 Å². The Kier molecular flexibility index (Phi) is 3.82. The minimum Gasteiger partial charge on any atom is -0.356 e. The molecule has 2 N–H and O–H groups in total. The van der Waals surface area contributed by atoms with E-state index in [1.165, 1.54) is 30.8 Å². The highest BCUT2D eigenvalue weighted by Gasteiger charge is 2.15. The van der Waals surface area contributed by atoms with Gasteiger partial charge in [-0.05, 0) is 49.6 Å². The number of rotatable bonds is 3. The van der Waals surface area contributed by atoms with Gasteiger partial charge in [0.05, 0.1) is 5.56 Å². The second-order valence-electron chi connectivity index (χ2n) is 6.13. The number of hydrogen-bond acceptors (Lipinski definition) is 3. The number of nitrogens with zero attached hydrogens (tertiary/aromatic N) is 3. The summed E-state index contributed by atoms with van der Waals surface area (Å²) in [6, 6.07) is 11.2. The van der Waals surface area contributed by atoms with Crippen LogP contribution in [0.1, 0.15) is 34.6 Å². The van der Waals surface area contributed by atoms with E-state index in [4.69, 9.17) is 5.26 Å². The highest BCUT2D eigenvalue weighted by Crippen LogP contribution is 2.25. The van der Waals surface area contributed by atoms with Crippen molar-refractivity contribution in [3.8, 4) is 17.5 Å². The molecule has 0 bridgehead atoms. The van der Waals surface area contributed by atoms with E-state index < -0.39 is 0 Å². The molecule has 4 rings (SSSR count). The van der Waals surface area contributed by atoms with E-state index in [0.29, 0.717) is 16.9 Å². The highest BCUT2D eigenvalue weighted by molar-refractivity contribution is 6.03. The number of H-pyrrole nitrogens is 1. The molecule has 0 unspecified atom stereocenters. The molecule has 0 aliphatic carbocycles. The first-order valence-electron chi connectivity index (χ1n) is 8.29. The van der Waals surface area contributed by atoms with Gasteiger partial charge in [-0.3, -0.25) is 4.79 Å². The summed E-state index contributed by atoms with van der Waals surface area (Å²) in [5.41, 5.74) is 3.83. The van der Waals surface area contributed by atoms with Gasteiger partial charge in [0, 0.05) is 35.9 Å². The molecule has 0 fully saturated rings. The third kappa shape index (κ3) is 2.92. The molecule has 1 amide bonds. The maximum absolute atomic E-state index is 12.2. The number of aromatic amines is 1. The van der Waals surface area contributed by atoms with Crippen molar-refractivity contribution in [1.82, 2.24) is 14.5 Å². The predicted molar refractivity (Wildman–Crippen MR) is 94.1 cm³/mol. The molecule has 0 radical (unpaired) electrons. The summed E-state index contributed by atoms with van der Waals surface area (Å²) in [4.78, 5) is 19.5. The molecule has 0 spiro atoms. The van der Waals surface area contributed by atoms with Crippen LogP contribution in [0.2, 0.25) is 0 Å². The second kappa shape index (κ2) is 6.29. The number of amides is 1. The van der Waals surface area contributed by atoms with Crippen molar-refractivity contribution in [2.45, 2.75) is 25.8 Å². The van der Waals surface area contributed by atoms with E-state index >= 15 is 0 Å². The first kappa shape index (κ1) is 15.2. The SMILES string of the molecule is N#Cc1c[nH]c(C(=O)Nc2ccc(-c3ncc4n3CCCC4)cc2)c1. The van der Waals surface area contributed by atoms with E-state index in [1.54, 1.807) is 0 Å². The monoisotopic (exact) mass is 331 g/mol. The minimum absolute atomic E-state index is 0.271. The molecular weight excluding hydrogens is 314 g/mol. The van der Waals surface area contributed by atoms with Crippen LogP contribution >= 0.6 is 0 Å². The lowest BCUT2D eigenvalue weighted by Crippen LogP contribution is -2.12. The van der Waals surface area contributed by atoms with Gasteiger partial charge in [0.15, 0.2) is 0 Å². The average molecular weight is 331 g/mol. The molecule has 1 aromatic carbocycles. The van der Waals surface area contributed by atoms with Crippen LogP contribution in [0.25, 0.3) is 11.4 Å². The molecule has 6 nitrogen and oxygen atoms in total. The quantitative estimate of drug-likeness (QED) is 0.771. The second-order valence-corrected chi connectivity index (χ2v) is 6.13. The number of aryl methyl sites for hydroxylation is 1. The number of imidazole rings is 1. The van der Waals surface area contributed by atoms with Crippen LogP contribution in [0.15, 0.2) is 42.7 Å². The molecule has 124 valence electrons. The van der Waals surface area contributed by atoms with Crippen molar-refractivity contribution in [1.29, 1.82) is 5.26 Å². The first-order chi connectivity index (χ1) is 12.2. The van der Waals surface area contributed by atoms with Crippen LogP contribution in [-0.4, -0.2) is 20.4 Å². The molecule has 1 aliphatic heterocycles. The Morgan fingerprint density at radius 3 is 2.88 bits per heavy atom. The lowest BCUT2D eigenvalue weighted by molar-refractivity contribution is 0.102. The Labute approximate surface area is 145 Å². The van der Waals surface area contributed by atoms with Crippen LogP contribution in [0, 0.1) is 11.3 Å². The fourth-order valence-electron chi connectivity index (χ4n) is 3.16. The fourth-order valence-corrected chi connectivity index (χ4v) is 3.16. The molecule has 0 saturated carbocycles. The fraction of sp³-hybridized carbons (Fsp3) is 0.211. The van der Waals surface area contributed by atoms with Gasteiger partial charge in [-0.1, -0.05) is 0 Å². The van der Waals surface area contributed by atoms with Crippen LogP contribution in [0.5, 0.6) is 0 Å². The molecule has 25 heavy (non-hydrogen) atoms. The molecule has 1 aliphatic rings. The Morgan fingerprint density at radius 2 is 2.12 bits per heavy atom. The lowest BCUT2D eigenvalue weighted by Gasteiger charge is -2.16. The van der Waals surface area contributed by atoms with Gasteiger partial charge >= 0.3 is 0 Å². The van der Waals surface area contributed by atoms with Crippen molar-refractivity contribution in [3.63, 3.8) is 0 Å². The molecule has 0 atom stereocenters. The maximum atomic E-state index is 12.2. The zero-order valence-corrected chi connectivity index (χ0v) is 13.6. The first-order valence-corrected chi connectivity index (χ1v) is 8.29. The van der Waals surface area contributed by atoms with E-state index in [0.717, 1.165) is 24.4 Å². The molecule has 2 aromatic heterocycles. The largest absolute Gasteiger partial charge is 0.356 e. The summed E-state index contributed by atoms with van der Waals surface area (Å²) >= 11 is 0. The van der Waals surface area contributed by atoms with Crippen LogP contribution in [0.3, 0.4) is 0 Å². The van der Waals surface area contributed by atoms with E-state index in [-0.39, 0.29) is 5.91 Å². The predicted octanol–water partition coefficient (Wildman–Crippen LogP) is 3.34. The van der Waals surface area contributed by atoms with Gasteiger partial charge in [0.1, 0.15) is 17.6 Å². The number of nitrogens with one attached hydrogen (secondary N) is 2. The topological polar surface area (TPSA) is 86.5 Å². The number of aromatic nitrogens is 3. The van der Waals surface area contributed by atoms with Crippen molar-refractivity contribution in [3.05, 3.63) is 59.7 Å². The van der Waals surface area contributed by atoms with E-state index in [1.807, 2.05) is 36.5 Å². The van der Waals surface area contributed by atoms with Crippen LogP contribution < -0.4 is 5.32 Å². The number of carbonyl (C=O) groups excluding carboxylic acids is 1. The molecule has 0 saturated heterocycles. The summed E-state index contributed by atoms with van der Waals surface area (Å²) in [5.74, 6) is 0.711. The smallest absolute Gasteiger partial charge is 0.272 e. The zero-order chi connectivity index (χ0) is 17.2. The summed E-state index contributed by atoms with van der Waals surface area (Å²) in [5, 5.41) is 11.6. The van der Waals surface area contributed by atoms with Gasteiger partial charge in [0.2, 0.25) is 0 Å². The van der Waals surface area contributed by atoms with Crippen molar-refractivity contribution in [2.75, 3.05) is 5.32 Å². The van der Waals surface area contributed by atoms with Crippen LogP contribution in [-0.2, 0) is 13.0 Å². The highest BCUT2D eigenvalue weighted by atomic mass is 16.1. The summed E-state index contributed by atoms with van der Waals surface area (Å²) in [6.07, 6.45) is 6.97. The Bertz CT molecular complexity index is 959. The van der Waals surface area contributed by atoms with Gasteiger partial charge in [-0.25, -0.2) is 4.98 Å². The number of nitriles is 1. The van der Waals surface area contributed by atoms with Crippen LogP contribution in [0.4, 0.5) is 5.69 Å². The molecular formula is C19H17N5O. The number of fused-ring (bicyclic) bond motifs is 1. The van der Waals surface area contributed by atoms with Crippen molar-refractivity contribution < 1.29 is 4.79 Å². The van der Waals surface area contributed by atoms with Gasteiger partial charge in [-0.2, -0.15) is 5.26 Å². The normalized spacial score (nSPS) is 13.1. The summed E-state index contributed by atoms with van der Waals surface area (Å²) in [6.45, 7) is 1.01. The lowest BCUT2D eigenvalue weighted by atomic mass is 10.1. The summed E-state index contributed by atoms with van der Waals surface area (Å²) in [7, 11) is 0. The number of hydrogen-bond donors (Lipinski definition) is 2. The Morgan fingerprint density at radius 1 is 1.28 bits per heavy atom. The van der Waals surface area contributed by atoms with Gasteiger partial charge < -0.3 is 14.9 Å². The standard InChI is InChI=1S/C19H17N5O/c20-10-13-9-17(21-11-13)19(25)23-15-6-4-14(5-7-15)18-22-12-16-3-1-2-8-24(16)18/h4-7,9,11-12,21H,1-3,8H2,(H,23,25). The molecule has 6 heteroatoms. The summed E-state index contributed by atoms with van der Waals surface area (Å²) < 4.78 is 2.28. The third-order valence-corrected chi connectivity index (χ3v) is 4.46. The van der Waals surface area contributed by atoms with E-state index in [2.05, 4.69) is 19.9 Å². The van der Waals surface area contributed by atoms with Gasteiger partial charge in [-0.15, -0.1) is 0 Å². The minimum atomic E-state index is -0.271. The Hall–Kier alpha value is -3.33. The maximum Gasteiger partial charge on any atom is 0.272 e.